The molecule has 0 saturated carbocycles. The molecular formula is C51H33N5. The monoisotopic (exact) mass is 715 g/mol. The van der Waals surface area contributed by atoms with Crippen molar-refractivity contribution >= 4 is 43.7 Å². The van der Waals surface area contributed by atoms with E-state index in [1.54, 1.807) is 0 Å². The molecule has 5 aromatic heterocycles. The summed E-state index contributed by atoms with van der Waals surface area (Å²) in [4.78, 5) is 14.3. The summed E-state index contributed by atoms with van der Waals surface area (Å²) in [5.41, 5.74) is 15.1. The quantitative estimate of drug-likeness (QED) is 0.172. The van der Waals surface area contributed by atoms with Crippen LogP contribution in [-0.2, 0) is 0 Å². The minimum Gasteiger partial charge on any atom is -0.309 e. The third-order valence-electron chi connectivity index (χ3n) is 10.8. The molecule has 11 aromatic rings. The molecule has 0 fully saturated rings. The second kappa shape index (κ2) is 13.0. The first-order chi connectivity index (χ1) is 27.8. The van der Waals surface area contributed by atoms with E-state index in [2.05, 4.69) is 161 Å². The zero-order valence-corrected chi connectivity index (χ0v) is 30.3. The number of benzene rings is 6. The molecule has 0 N–H and O–H groups in total. The fraction of sp³-hybridized carbons (Fsp3) is 0. The Labute approximate surface area is 323 Å². The van der Waals surface area contributed by atoms with Crippen LogP contribution in [0, 0.1) is 0 Å². The largest absolute Gasteiger partial charge is 0.309 e. The number of para-hydroxylation sites is 3. The summed E-state index contributed by atoms with van der Waals surface area (Å²) in [6.07, 6.45) is 5.57. The first-order valence-corrected chi connectivity index (χ1v) is 18.8. The molecule has 0 radical (unpaired) electrons. The number of aromatic nitrogens is 5. The molecule has 262 valence electrons. The Balaban J connectivity index is 1.12. The van der Waals surface area contributed by atoms with Gasteiger partial charge in [-0.25, -0.2) is 4.98 Å². The Morgan fingerprint density at radius 2 is 0.964 bits per heavy atom. The minimum atomic E-state index is 0.925. The summed E-state index contributed by atoms with van der Waals surface area (Å²) in [7, 11) is 0. The van der Waals surface area contributed by atoms with Crippen LogP contribution in [0.25, 0.3) is 99.9 Å². The highest BCUT2D eigenvalue weighted by molar-refractivity contribution is 6.15. The Bertz CT molecular complexity index is 3180. The van der Waals surface area contributed by atoms with Crippen LogP contribution >= 0.6 is 0 Å². The van der Waals surface area contributed by atoms with E-state index in [1.165, 1.54) is 27.2 Å². The lowest BCUT2D eigenvalue weighted by Crippen LogP contribution is -1.97. The lowest BCUT2D eigenvalue weighted by atomic mass is 9.96. The van der Waals surface area contributed by atoms with Crippen LogP contribution in [0.5, 0.6) is 0 Å². The predicted octanol–water partition coefficient (Wildman–Crippen LogP) is 12.7. The van der Waals surface area contributed by atoms with Crippen molar-refractivity contribution in [3.05, 3.63) is 201 Å². The van der Waals surface area contributed by atoms with Gasteiger partial charge in [-0.05, 0) is 114 Å². The van der Waals surface area contributed by atoms with Crippen LogP contribution in [-0.4, -0.2) is 24.1 Å². The average molecular weight is 716 g/mol. The second-order valence-electron chi connectivity index (χ2n) is 14.1. The molecular weight excluding hydrogens is 683 g/mol. The van der Waals surface area contributed by atoms with Crippen molar-refractivity contribution in [3.8, 4) is 56.1 Å². The fourth-order valence-electron chi connectivity index (χ4n) is 8.35. The highest BCUT2D eigenvalue weighted by atomic mass is 15.0. The number of pyridine rings is 3. The fourth-order valence-corrected chi connectivity index (χ4v) is 8.35. The van der Waals surface area contributed by atoms with Gasteiger partial charge in [0.1, 0.15) is 5.65 Å². The van der Waals surface area contributed by atoms with E-state index in [1.807, 2.05) is 48.9 Å². The number of nitrogens with zero attached hydrogens (tertiary/aromatic N) is 5. The first-order valence-electron chi connectivity index (χ1n) is 18.8. The minimum absolute atomic E-state index is 0.925. The normalized spacial score (nSPS) is 11.6. The Morgan fingerprint density at radius 1 is 0.321 bits per heavy atom. The van der Waals surface area contributed by atoms with Gasteiger partial charge >= 0.3 is 0 Å². The number of hydrogen-bond donors (Lipinski definition) is 0. The van der Waals surface area contributed by atoms with Crippen LogP contribution in [0.4, 0.5) is 0 Å². The summed E-state index contributed by atoms with van der Waals surface area (Å²) in [6.45, 7) is 0. The van der Waals surface area contributed by atoms with Crippen molar-refractivity contribution in [2.75, 3.05) is 0 Å². The molecule has 5 heterocycles. The van der Waals surface area contributed by atoms with E-state index in [9.17, 15) is 0 Å². The van der Waals surface area contributed by atoms with Crippen LogP contribution in [0.2, 0.25) is 0 Å². The van der Waals surface area contributed by atoms with Gasteiger partial charge in [0.15, 0.2) is 0 Å². The van der Waals surface area contributed by atoms with Crippen molar-refractivity contribution in [1.29, 1.82) is 0 Å². The van der Waals surface area contributed by atoms with Crippen molar-refractivity contribution in [1.82, 2.24) is 24.1 Å². The molecule has 0 saturated heterocycles. The zero-order chi connectivity index (χ0) is 37.0. The Hall–Kier alpha value is -7.63. The maximum absolute atomic E-state index is 4.86. The van der Waals surface area contributed by atoms with E-state index in [-0.39, 0.29) is 0 Å². The Kier molecular flexibility index (Phi) is 7.42. The molecule has 0 aliphatic carbocycles. The van der Waals surface area contributed by atoms with Gasteiger partial charge in [0.2, 0.25) is 0 Å². The van der Waals surface area contributed by atoms with E-state index in [0.29, 0.717) is 0 Å². The van der Waals surface area contributed by atoms with Gasteiger partial charge in [0.05, 0.1) is 27.9 Å². The smallest absolute Gasteiger partial charge is 0.145 e. The van der Waals surface area contributed by atoms with E-state index >= 15 is 0 Å². The van der Waals surface area contributed by atoms with Crippen LogP contribution in [0.15, 0.2) is 201 Å². The molecule has 0 bridgehead atoms. The highest BCUT2D eigenvalue weighted by Gasteiger charge is 2.19. The molecule has 0 amide bonds. The summed E-state index contributed by atoms with van der Waals surface area (Å²) in [5.74, 6) is 0. The summed E-state index contributed by atoms with van der Waals surface area (Å²) in [5, 5.41) is 4.74. The molecule has 5 nitrogen and oxygen atoms in total. The topological polar surface area (TPSA) is 48.5 Å². The first kappa shape index (κ1) is 31.9. The third kappa shape index (κ3) is 5.21. The van der Waals surface area contributed by atoms with Crippen LogP contribution in [0.3, 0.4) is 0 Å². The SMILES string of the molecule is c1ccc(-n2c3ccc(-c4cccc5c6ccccc6n(-c6cccc(-c7cc(-c8ccccn8)cc(-c8ccccn8)c7)c6)c45)cc3c3cccnc32)cc1. The van der Waals surface area contributed by atoms with Crippen molar-refractivity contribution in [3.63, 3.8) is 0 Å². The number of rotatable bonds is 6. The van der Waals surface area contributed by atoms with Crippen LogP contribution in [0.1, 0.15) is 0 Å². The molecule has 0 atom stereocenters. The molecule has 11 rings (SSSR count). The lowest BCUT2D eigenvalue weighted by Gasteiger charge is -2.15. The highest BCUT2D eigenvalue weighted by Crippen LogP contribution is 2.41. The maximum atomic E-state index is 4.86. The van der Waals surface area contributed by atoms with Gasteiger partial charge in [0, 0.05) is 68.2 Å². The zero-order valence-electron chi connectivity index (χ0n) is 30.3. The van der Waals surface area contributed by atoms with Gasteiger partial charge in [-0.2, -0.15) is 0 Å². The number of hydrogen-bond acceptors (Lipinski definition) is 3. The summed E-state index contributed by atoms with van der Waals surface area (Å²) >= 11 is 0. The molecule has 56 heavy (non-hydrogen) atoms. The van der Waals surface area contributed by atoms with Gasteiger partial charge < -0.3 is 4.57 Å². The van der Waals surface area contributed by atoms with Crippen molar-refractivity contribution < 1.29 is 0 Å². The maximum Gasteiger partial charge on any atom is 0.145 e. The molecule has 0 unspecified atom stereocenters. The summed E-state index contributed by atoms with van der Waals surface area (Å²) in [6, 6.07) is 64.6. The molecule has 0 spiro atoms. The third-order valence-corrected chi connectivity index (χ3v) is 10.8. The predicted molar refractivity (Wildman–Crippen MR) is 230 cm³/mol. The van der Waals surface area contributed by atoms with Gasteiger partial charge in [0.25, 0.3) is 0 Å². The average Bonchev–Trinajstić information content (AvgIpc) is 3.80. The number of fused-ring (bicyclic) bond motifs is 6. The van der Waals surface area contributed by atoms with Gasteiger partial charge in [-0.1, -0.05) is 84.9 Å². The van der Waals surface area contributed by atoms with E-state index in [4.69, 9.17) is 15.0 Å². The molecule has 0 aliphatic rings. The van der Waals surface area contributed by atoms with Crippen molar-refractivity contribution in [2.24, 2.45) is 0 Å². The molecule has 0 aliphatic heterocycles. The van der Waals surface area contributed by atoms with E-state index in [0.717, 1.165) is 72.6 Å². The molecule has 6 aromatic carbocycles. The second-order valence-corrected chi connectivity index (χ2v) is 14.1. The summed E-state index contributed by atoms with van der Waals surface area (Å²) < 4.78 is 4.70. The standard InChI is InChI=1S/C51H33N5/c1-2-14-39(15-3-1)56-49-25-24-35(33-45(49)44-20-12-28-54-51(44)56)41-18-11-19-43-42-17-4-5-23-48(42)55(50(41)43)40-16-10-13-34(32-40)36-29-37(46-21-6-8-26-52-46)31-38(30-36)47-22-7-9-27-53-47/h1-33H. The van der Waals surface area contributed by atoms with E-state index < -0.39 is 0 Å². The van der Waals surface area contributed by atoms with Crippen LogP contribution < -0.4 is 0 Å². The Morgan fingerprint density at radius 3 is 1.75 bits per heavy atom. The lowest BCUT2D eigenvalue weighted by molar-refractivity contribution is 1.14. The van der Waals surface area contributed by atoms with Gasteiger partial charge in [-0.3, -0.25) is 14.5 Å². The molecule has 5 heteroatoms. The van der Waals surface area contributed by atoms with Gasteiger partial charge in [-0.15, -0.1) is 0 Å². The van der Waals surface area contributed by atoms with Crippen molar-refractivity contribution in [2.45, 2.75) is 0 Å².